The number of rotatable bonds is 5. The number of carboxylic acids is 1. The van der Waals surface area contributed by atoms with Crippen molar-refractivity contribution < 1.29 is 14.7 Å². The zero-order valence-electron chi connectivity index (χ0n) is 11.8. The molecule has 1 aliphatic carbocycles. The largest absolute Gasteiger partial charge is 0.478 e. The van der Waals surface area contributed by atoms with Gasteiger partial charge in [0.05, 0.1) is 11.4 Å². The summed E-state index contributed by atoms with van der Waals surface area (Å²) in [5.41, 5.74) is 0.610. The van der Waals surface area contributed by atoms with Crippen LogP contribution >= 0.6 is 11.8 Å². The summed E-state index contributed by atoms with van der Waals surface area (Å²) in [5.74, 6) is 0.329. The number of aromatic nitrogens is 2. The summed E-state index contributed by atoms with van der Waals surface area (Å²) in [6.45, 7) is 3.31. The minimum atomic E-state index is -1.03. The Morgan fingerprint density at radius 1 is 1.33 bits per heavy atom. The molecular weight excluding hydrogens is 290 g/mol. The van der Waals surface area contributed by atoms with Crippen LogP contribution in [0, 0.1) is 6.92 Å². The number of carbonyl (C=O) groups excluding carboxylic acids is 1. The summed E-state index contributed by atoms with van der Waals surface area (Å²) in [5, 5.41) is 9.76. The molecule has 112 valence electrons. The second kappa shape index (κ2) is 5.63. The van der Waals surface area contributed by atoms with Gasteiger partial charge in [-0.1, -0.05) is 11.8 Å². The molecule has 6 nitrogen and oxygen atoms in total. The number of carbonyl (C=O) groups is 2. The molecule has 2 aliphatic rings. The van der Waals surface area contributed by atoms with Crippen LogP contribution in [0.25, 0.3) is 0 Å². The van der Waals surface area contributed by atoms with Crippen molar-refractivity contribution in [3.63, 3.8) is 0 Å². The van der Waals surface area contributed by atoms with Gasteiger partial charge >= 0.3 is 5.97 Å². The first kappa shape index (κ1) is 14.3. The predicted octanol–water partition coefficient (Wildman–Crippen LogP) is 1.69. The average Bonchev–Trinajstić information content (AvgIpc) is 3.17. The summed E-state index contributed by atoms with van der Waals surface area (Å²) >= 11 is 1.21. The second-order valence-corrected chi connectivity index (χ2v) is 6.41. The Balaban J connectivity index is 1.80. The topological polar surface area (TPSA) is 83.4 Å². The van der Waals surface area contributed by atoms with Gasteiger partial charge in [-0.3, -0.25) is 4.79 Å². The Bertz CT molecular complexity index is 597. The predicted molar refractivity (Wildman–Crippen MR) is 77.6 cm³/mol. The van der Waals surface area contributed by atoms with Gasteiger partial charge in [0.2, 0.25) is 5.91 Å². The Kier molecular flexibility index (Phi) is 3.84. The van der Waals surface area contributed by atoms with Crippen LogP contribution in [0.5, 0.6) is 0 Å². The highest BCUT2D eigenvalue weighted by Gasteiger charge is 2.30. The zero-order chi connectivity index (χ0) is 15.0. The normalized spacial score (nSPS) is 17.5. The van der Waals surface area contributed by atoms with Crippen LogP contribution in [0.3, 0.4) is 0 Å². The van der Waals surface area contributed by atoms with Crippen molar-refractivity contribution in [2.75, 3.05) is 18.8 Å². The number of likely N-dealkylation sites (tertiary alicyclic amines) is 1. The van der Waals surface area contributed by atoms with Gasteiger partial charge in [-0.15, -0.1) is 0 Å². The fraction of sp³-hybridized carbons (Fsp3) is 0.571. The van der Waals surface area contributed by atoms with E-state index in [1.54, 1.807) is 11.8 Å². The van der Waals surface area contributed by atoms with E-state index in [1.807, 2.05) is 0 Å². The summed E-state index contributed by atoms with van der Waals surface area (Å²) in [6.07, 6.45) is 3.17. The van der Waals surface area contributed by atoms with Crippen molar-refractivity contribution in [1.82, 2.24) is 14.9 Å². The number of hydrogen-bond acceptors (Lipinski definition) is 5. The van der Waals surface area contributed by atoms with Crippen LogP contribution in [0.1, 0.15) is 47.1 Å². The maximum atomic E-state index is 11.9. The van der Waals surface area contributed by atoms with Gasteiger partial charge in [0.25, 0.3) is 0 Å². The molecule has 2 heterocycles. The van der Waals surface area contributed by atoms with Crippen molar-refractivity contribution in [3.8, 4) is 0 Å². The van der Waals surface area contributed by atoms with Gasteiger partial charge in [-0.05, 0) is 26.2 Å². The number of thioether (sulfide) groups is 1. The van der Waals surface area contributed by atoms with E-state index in [0.29, 0.717) is 16.6 Å². The van der Waals surface area contributed by atoms with Gasteiger partial charge in [0.15, 0.2) is 0 Å². The van der Waals surface area contributed by atoms with Crippen LogP contribution in [0.4, 0.5) is 0 Å². The van der Waals surface area contributed by atoms with Crippen LogP contribution in [-0.2, 0) is 4.79 Å². The lowest BCUT2D eigenvalue weighted by atomic mass is 10.2. The van der Waals surface area contributed by atoms with Crippen molar-refractivity contribution in [2.45, 2.75) is 37.1 Å². The maximum Gasteiger partial charge on any atom is 0.340 e. The smallest absolute Gasteiger partial charge is 0.340 e. The lowest BCUT2D eigenvalue weighted by Crippen LogP contribution is -2.43. The molecule has 0 radical (unpaired) electrons. The van der Waals surface area contributed by atoms with Gasteiger partial charge in [-0.25, -0.2) is 14.8 Å². The first-order valence-electron chi connectivity index (χ1n) is 7.08. The number of nitrogens with zero attached hydrogens (tertiary/aromatic N) is 3. The first-order chi connectivity index (χ1) is 10.1. The zero-order valence-corrected chi connectivity index (χ0v) is 12.7. The van der Waals surface area contributed by atoms with Crippen molar-refractivity contribution in [1.29, 1.82) is 0 Å². The molecule has 7 heteroatoms. The van der Waals surface area contributed by atoms with E-state index in [4.69, 9.17) is 0 Å². The molecule has 1 N–H and O–H groups in total. The minimum Gasteiger partial charge on any atom is -0.478 e. The number of aryl methyl sites for hydroxylation is 1. The molecule has 2 fully saturated rings. The van der Waals surface area contributed by atoms with E-state index in [9.17, 15) is 14.7 Å². The third-order valence-corrected chi connectivity index (χ3v) is 4.73. The summed E-state index contributed by atoms with van der Waals surface area (Å²) < 4.78 is 0. The highest BCUT2D eigenvalue weighted by Crippen LogP contribution is 2.39. The number of amides is 1. The van der Waals surface area contributed by atoms with E-state index in [1.165, 1.54) is 11.8 Å². The van der Waals surface area contributed by atoms with Gasteiger partial charge in [0, 0.05) is 19.0 Å². The quantitative estimate of drug-likeness (QED) is 0.658. The van der Waals surface area contributed by atoms with Crippen LogP contribution in [-0.4, -0.2) is 50.7 Å². The Morgan fingerprint density at radius 2 is 2.05 bits per heavy atom. The molecule has 1 amide bonds. The molecule has 1 aromatic rings. The maximum absolute atomic E-state index is 11.9. The summed E-state index contributed by atoms with van der Waals surface area (Å²) in [7, 11) is 0. The van der Waals surface area contributed by atoms with Gasteiger partial charge in [-0.2, -0.15) is 0 Å². The molecule has 1 aliphatic heterocycles. The molecule has 21 heavy (non-hydrogen) atoms. The Labute approximate surface area is 127 Å². The second-order valence-electron chi connectivity index (χ2n) is 5.45. The number of hydrogen-bond donors (Lipinski definition) is 1. The molecule has 0 atom stereocenters. The molecule has 3 rings (SSSR count). The van der Waals surface area contributed by atoms with Crippen LogP contribution in [0.2, 0.25) is 0 Å². The van der Waals surface area contributed by atoms with Gasteiger partial charge in [0.1, 0.15) is 16.4 Å². The van der Waals surface area contributed by atoms with E-state index in [0.717, 1.165) is 38.2 Å². The van der Waals surface area contributed by atoms with E-state index >= 15 is 0 Å². The van der Waals surface area contributed by atoms with E-state index in [2.05, 4.69) is 9.97 Å². The molecule has 1 aromatic heterocycles. The standard InChI is InChI=1S/C14H17N3O3S/c1-8-11(14(19)20)13(16-12(15-8)9-3-4-9)21-7-10(18)17-5-2-6-17/h9H,2-7H2,1H3,(H,19,20). The lowest BCUT2D eigenvalue weighted by molar-refractivity contribution is -0.131. The van der Waals surface area contributed by atoms with Crippen molar-refractivity contribution >= 4 is 23.6 Å². The number of carboxylic acid groups (broad SMARTS) is 1. The molecule has 0 aromatic carbocycles. The van der Waals surface area contributed by atoms with E-state index < -0.39 is 5.97 Å². The van der Waals surface area contributed by atoms with Gasteiger partial charge < -0.3 is 10.0 Å². The van der Waals surface area contributed by atoms with Crippen LogP contribution < -0.4 is 0 Å². The number of aromatic carboxylic acids is 1. The van der Waals surface area contributed by atoms with Crippen molar-refractivity contribution in [2.24, 2.45) is 0 Å². The average molecular weight is 307 g/mol. The third kappa shape index (κ3) is 3.02. The molecule has 0 unspecified atom stereocenters. The highest BCUT2D eigenvalue weighted by atomic mass is 32.2. The monoisotopic (exact) mass is 307 g/mol. The Morgan fingerprint density at radius 3 is 2.57 bits per heavy atom. The Hall–Kier alpha value is -1.63. The molecule has 1 saturated carbocycles. The highest BCUT2D eigenvalue weighted by molar-refractivity contribution is 8.00. The fourth-order valence-corrected chi connectivity index (χ4v) is 3.21. The minimum absolute atomic E-state index is 0.0480. The third-order valence-electron chi connectivity index (χ3n) is 3.77. The summed E-state index contributed by atoms with van der Waals surface area (Å²) in [4.78, 5) is 33.8. The van der Waals surface area contributed by atoms with Crippen LogP contribution in [0.15, 0.2) is 5.03 Å². The van der Waals surface area contributed by atoms with E-state index in [-0.39, 0.29) is 17.2 Å². The molecular formula is C14H17N3O3S. The molecule has 0 spiro atoms. The fourth-order valence-electron chi connectivity index (χ4n) is 2.23. The molecule has 1 saturated heterocycles. The first-order valence-corrected chi connectivity index (χ1v) is 8.07. The van der Waals surface area contributed by atoms with Crippen molar-refractivity contribution in [3.05, 3.63) is 17.1 Å². The lowest BCUT2D eigenvalue weighted by Gasteiger charge is -2.30. The SMILES string of the molecule is Cc1nc(C2CC2)nc(SCC(=O)N2CCC2)c1C(=O)O. The molecule has 0 bridgehead atoms. The summed E-state index contributed by atoms with van der Waals surface area (Å²) in [6, 6.07) is 0.